The molecule has 1 rings (SSSR count). The minimum absolute atomic E-state index is 0.0577. The third-order valence-corrected chi connectivity index (χ3v) is 4.07. The SMILES string of the molecule is CC(C)C(c1ccccc1)N([O])C(C)(C)CCC(=O)N(C)C. The quantitative estimate of drug-likeness (QED) is 0.721. The Labute approximate surface area is 134 Å². The Morgan fingerprint density at radius 3 is 2.14 bits per heavy atom. The topological polar surface area (TPSA) is 43.5 Å². The number of carbonyl (C=O) groups excluding carboxylic acids is 1. The van der Waals surface area contributed by atoms with Gasteiger partial charge in [0, 0.05) is 26.1 Å². The van der Waals surface area contributed by atoms with Gasteiger partial charge in [0.2, 0.25) is 5.91 Å². The van der Waals surface area contributed by atoms with Gasteiger partial charge in [0.05, 0.1) is 6.04 Å². The molecule has 0 aliphatic heterocycles. The summed E-state index contributed by atoms with van der Waals surface area (Å²) in [6.07, 6.45) is 0.932. The predicted molar refractivity (Wildman–Crippen MR) is 88.6 cm³/mol. The van der Waals surface area contributed by atoms with E-state index in [0.717, 1.165) is 5.56 Å². The molecule has 0 aromatic heterocycles. The summed E-state index contributed by atoms with van der Waals surface area (Å²) in [6, 6.07) is 9.66. The Balaban J connectivity index is 2.88. The number of hydrogen-bond donors (Lipinski definition) is 0. The van der Waals surface area contributed by atoms with Gasteiger partial charge in [0.25, 0.3) is 0 Å². The molecule has 0 N–H and O–H groups in total. The van der Waals surface area contributed by atoms with Crippen LogP contribution in [-0.4, -0.2) is 35.5 Å². The van der Waals surface area contributed by atoms with Crippen molar-refractivity contribution in [3.63, 3.8) is 0 Å². The van der Waals surface area contributed by atoms with Crippen LogP contribution in [-0.2, 0) is 10.0 Å². The molecule has 0 bridgehead atoms. The molecule has 1 radical (unpaired) electrons. The Bertz CT molecular complexity index is 469. The lowest BCUT2D eigenvalue weighted by Crippen LogP contribution is -2.45. The maximum Gasteiger partial charge on any atom is 0.222 e. The molecule has 1 atom stereocenters. The van der Waals surface area contributed by atoms with Gasteiger partial charge in [-0.2, -0.15) is 0 Å². The summed E-state index contributed by atoms with van der Waals surface area (Å²) < 4.78 is 0. The summed E-state index contributed by atoms with van der Waals surface area (Å²) >= 11 is 0. The van der Waals surface area contributed by atoms with Crippen molar-refractivity contribution in [2.75, 3.05) is 14.1 Å². The maximum absolute atomic E-state index is 13.0. The highest BCUT2D eigenvalue weighted by atomic mass is 16.5. The van der Waals surface area contributed by atoms with Crippen LogP contribution in [0.15, 0.2) is 30.3 Å². The van der Waals surface area contributed by atoms with Crippen LogP contribution >= 0.6 is 0 Å². The number of nitrogens with zero attached hydrogens (tertiary/aromatic N) is 2. The first-order valence-corrected chi connectivity index (χ1v) is 7.88. The first-order valence-electron chi connectivity index (χ1n) is 7.88. The lowest BCUT2D eigenvalue weighted by atomic mass is 9.89. The minimum Gasteiger partial charge on any atom is -0.349 e. The molecule has 0 heterocycles. The zero-order valence-corrected chi connectivity index (χ0v) is 14.7. The highest BCUT2D eigenvalue weighted by molar-refractivity contribution is 5.75. The molecule has 1 aromatic carbocycles. The molecule has 0 fully saturated rings. The monoisotopic (exact) mass is 305 g/mol. The summed E-state index contributed by atoms with van der Waals surface area (Å²) in [4.78, 5) is 13.4. The number of hydrogen-bond acceptors (Lipinski definition) is 2. The molecule has 22 heavy (non-hydrogen) atoms. The molecule has 0 saturated carbocycles. The maximum atomic E-state index is 13.0. The van der Waals surface area contributed by atoms with E-state index in [2.05, 4.69) is 13.8 Å². The van der Waals surface area contributed by atoms with Crippen molar-refractivity contribution in [3.05, 3.63) is 35.9 Å². The van der Waals surface area contributed by atoms with E-state index in [0.29, 0.717) is 12.8 Å². The van der Waals surface area contributed by atoms with E-state index in [1.165, 1.54) is 5.06 Å². The third kappa shape index (κ3) is 4.82. The van der Waals surface area contributed by atoms with Crippen LogP contribution < -0.4 is 0 Å². The smallest absolute Gasteiger partial charge is 0.222 e. The second-order valence-electron chi connectivity index (χ2n) is 7.03. The van der Waals surface area contributed by atoms with Crippen LogP contribution in [0.4, 0.5) is 0 Å². The first-order chi connectivity index (χ1) is 10.2. The van der Waals surface area contributed by atoms with Crippen molar-refractivity contribution in [2.24, 2.45) is 5.92 Å². The van der Waals surface area contributed by atoms with Crippen LogP contribution in [0.2, 0.25) is 0 Å². The van der Waals surface area contributed by atoms with Crippen LogP contribution in [0.25, 0.3) is 0 Å². The average Bonchev–Trinajstić information content (AvgIpc) is 2.45. The summed E-state index contributed by atoms with van der Waals surface area (Å²) in [5, 5.41) is 14.2. The Morgan fingerprint density at radius 2 is 1.68 bits per heavy atom. The van der Waals surface area contributed by atoms with Crippen molar-refractivity contribution in [1.29, 1.82) is 0 Å². The van der Waals surface area contributed by atoms with Gasteiger partial charge in [-0.1, -0.05) is 44.2 Å². The highest BCUT2D eigenvalue weighted by Gasteiger charge is 2.35. The molecular formula is C18H29N2O2. The second kappa shape index (κ2) is 7.75. The second-order valence-corrected chi connectivity index (χ2v) is 7.03. The van der Waals surface area contributed by atoms with Gasteiger partial charge in [-0.25, -0.2) is 0 Å². The first kappa shape index (κ1) is 18.7. The third-order valence-electron chi connectivity index (χ3n) is 4.07. The normalized spacial score (nSPS) is 13.5. The Kier molecular flexibility index (Phi) is 6.57. The summed E-state index contributed by atoms with van der Waals surface area (Å²) in [5.74, 6) is 0.256. The lowest BCUT2D eigenvalue weighted by Gasteiger charge is -2.39. The molecule has 1 amide bonds. The molecular weight excluding hydrogens is 276 g/mol. The molecule has 1 aromatic rings. The predicted octanol–water partition coefficient (Wildman–Crippen LogP) is 3.68. The number of benzene rings is 1. The van der Waals surface area contributed by atoms with E-state index in [-0.39, 0.29) is 17.9 Å². The summed E-state index contributed by atoms with van der Waals surface area (Å²) in [7, 11) is 3.48. The van der Waals surface area contributed by atoms with Gasteiger partial charge in [-0.3, -0.25) is 4.79 Å². The fourth-order valence-corrected chi connectivity index (χ4v) is 2.56. The van der Waals surface area contributed by atoms with E-state index < -0.39 is 5.54 Å². The number of hydroxylamine groups is 2. The van der Waals surface area contributed by atoms with E-state index in [4.69, 9.17) is 0 Å². The summed E-state index contributed by atoms with van der Waals surface area (Å²) in [5.41, 5.74) is 0.440. The number of carbonyl (C=O) groups is 1. The van der Waals surface area contributed by atoms with E-state index in [1.54, 1.807) is 19.0 Å². The average molecular weight is 305 g/mol. The van der Waals surface area contributed by atoms with Crippen molar-refractivity contribution >= 4 is 5.91 Å². The highest BCUT2D eigenvalue weighted by Crippen LogP contribution is 2.34. The Morgan fingerprint density at radius 1 is 1.14 bits per heavy atom. The Hall–Kier alpha value is -1.39. The zero-order chi connectivity index (χ0) is 16.9. The lowest BCUT2D eigenvalue weighted by molar-refractivity contribution is -0.256. The van der Waals surface area contributed by atoms with Crippen molar-refractivity contribution < 1.29 is 10.0 Å². The van der Waals surface area contributed by atoms with Crippen LogP contribution in [0.5, 0.6) is 0 Å². The van der Waals surface area contributed by atoms with Crippen LogP contribution in [0.3, 0.4) is 0 Å². The molecule has 4 heteroatoms. The molecule has 123 valence electrons. The number of amides is 1. The largest absolute Gasteiger partial charge is 0.349 e. The van der Waals surface area contributed by atoms with E-state index >= 15 is 0 Å². The van der Waals surface area contributed by atoms with Crippen LogP contribution in [0, 0.1) is 5.92 Å². The van der Waals surface area contributed by atoms with Gasteiger partial charge < -0.3 is 4.90 Å². The van der Waals surface area contributed by atoms with Crippen LogP contribution in [0.1, 0.15) is 52.1 Å². The van der Waals surface area contributed by atoms with Gasteiger partial charge in [-0.05, 0) is 31.7 Å². The van der Waals surface area contributed by atoms with Crippen molar-refractivity contribution in [3.8, 4) is 0 Å². The van der Waals surface area contributed by atoms with Gasteiger partial charge in [0.15, 0.2) is 0 Å². The van der Waals surface area contributed by atoms with Gasteiger partial charge in [-0.15, -0.1) is 10.3 Å². The summed E-state index contributed by atoms with van der Waals surface area (Å²) in [6.45, 7) is 7.95. The molecule has 0 saturated heterocycles. The molecule has 0 aliphatic rings. The zero-order valence-electron chi connectivity index (χ0n) is 14.7. The van der Waals surface area contributed by atoms with Gasteiger partial charge in [0.1, 0.15) is 0 Å². The van der Waals surface area contributed by atoms with Gasteiger partial charge >= 0.3 is 0 Å². The fourth-order valence-electron chi connectivity index (χ4n) is 2.56. The van der Waals surface area contributed by atoms with Crippen molar-refractivity contribution in [1.82, 2.24) is 9.96 Å². The van der Waals surface area contributed by atoms with E-state index in [1.807, 2.05) is 44.2 Å². The number of rotatable bonds is 7. The standard InChI is InChI=1S/C18H29N2O2/c1-14(2)17(15-10-8-7-9-11-15)20(22)18(3,4)13-12-16(21)19(5)6/h7-11,14,17H,12-13H2,1-6H3. The van der Waals surface area contributed by atoms with E-state index in [9.17, 15) is 10.0 Å². The minimum atomic E-state index is -0.587. The molecule has 0 aliphatic carbocycles. The molecule has 4 nitrogen and oxygen atoms in total. The fraction of sp³-hybridized carbons (Fsp3) is 0.611. The molecule has 0 spiro atoms. The van der Waals surface area contributed by atoms with Crippen molar-refractivity contribution in [2.45, 2.75) is 52.1 Å². The molecule has 1 unspecified atom stereocenters.